The molecule has 1 saturated heterocycles. The van der Waals surface area contributed by atoms with Crippen LogP contribution in [0.4, 0.5) is 0 Å². The van der Waals surface area contributed by atoms with Crippen molar-refractivity contribution >= 4 is 0 Å². The highest BCUT2D eigenvalue weighted by molar-refractivity contribution is 5.78. The molecular formula is C40H38O6. The number of aliphatic hydroxyl groups excluding tert-OH is 1. The number of hydrogen-bond acceptors (Lipinski definition) is 6. The fourth-order valence-electron chi connectivity index (χ4n) is 6.38. The largest absolute Gasteiger partial charge is 0.374 e. The maximum atomic E-state index is 11.6. The Morgan fingerprint density at radius 1 is 0.500 bits per heavy atom. The van der Waals surface area contributed by atoms with E-state index in [1.807, 2.05) is 115 Å². The lowest BCUT2D eigenvalue weighted by Crippen LogP contribution is -2.61. The van der Waals surface area contributed by atoms with Crippen LogP contribution >= 0.6 is 0 Å². The molecule has 0 radical (unpaired) electrons. The summed E-state index contributed by atoms with van der Waals surface area (Å²) in [5.41, 5.74) is 7.44. The van der Waals surface area contributed by atoms with Gasteiger partial charge >= 0.3 is 0 Å². The molecule has 0 aromatic heterocycles. The number of aliphatic hydroxyl groups is 1. The van der Waals surface area contributed by atoms with Crippen LogP contribution in [0, 0.1) is 0 Å². The van der Waals surface area contributed by atoms with Crippen molar-refractivity contribution in [3.63, 3.8) is 0 Å². The molecule has 1 aliphatic heterocycles. The topological polar surface area (TPSA) is 66.4 Å². The highest BCUT2D eigenvalue weighted by Gasteiger charge is 2.49. The third-order valence-corrected chi connectivity index (χ3v) is 8.64. The summed E-state index contributed by atoms with van der Waals surface area (Å²) in [6.45, 7) is 1.28. The van der Waals surface area contributed by atoms with Crippen molar-refractivity contribution in [3.8, 4) is 11.1 Å². The monoisotopic (exact) mass is 614 g/mol. The number of benzene rings is 5. The number of rotatable bonds is 12. The van der Waals surface area contributed by atoms with Crippen LogP contribution in [0.1, 0.15) is 33.9 Å². The Labute approximate surface area is 270 Å². The van der Waals surface area contributed by atoms with E-state index >= 15 is 0 Å². The summed E-state index contributed by atoms with van der Waals surface area (Å²) in [7, 11) is 0. The molecule has 5 atom stereocenters. The second-order valence-electron chi connectivity index (χ2n) is 11.7. The van der Waals surface area contributed by atoms with Crippen LogP contribution in [0.3, 0.4) is 0 Å². The van der Waals surface area contributed by atoms with Crippen LogP contribution in [-0.2, 0) is 43.5 Å². The minimum Gasteiger partial charge on any atom is -0.374 e. The average molecular weight is 615 g/mol. The van der Waals surface area contributed by atoms with Crippen molar-refractivity contribution in [1.29, 1.82) is 0 Å². The molecule has 0 amide bonds. The van der Waals surface area contributed by atoms with Gasteiger partial charge < -0.3 is 28.8 Å². The normalized spacial score (nSPS) is 22.3. The van der Waals surface area contributed by atoms with E-state index in [0.29, 0.717) is 19.8 Å². The molecule has 0 bridgehead atoms. The molecule has 2 aliphatic rings. The molecule has 5 aromatic rings. The van der Waals surface area contributed by atoms with E-state index in [4.69, 9.17) is 23.7 Å². The van der Waals surface area contributed by atoms with Gasteiger partial charge in [-0.3, -0.25) is 0 Å². The van der Waals surface area contributed by atoms with Gasteiger partial charge in [0.05, 0.1) is 26.4 Å². The molecule has 46 heavy (non-hydrogen) atoms. The first-order valence-corrected chi connectivity index (χ1v) is 15.8. The Hall–Kier alpha value is -4.14. The summed E-state index contributed by atoms with van der Waals surface area (Å²) >= 11 is 0. The fraction of sp³-hybridized carbons (Fsp3) is 0.250. The summed E-state index contributed by atoms with van der Waals surface area (Å²) in [6.07, 6.45) is -4.40. The standard InChI is InChI=1S/C40H38O6/c41-40-39(46-36-33-22-12-10-20-31(33)32-21-11-13-23-34(32)36)38(44-26-30-18-8-3-9-19-30)37(43-25-29-16-6-2-7-17-29)35(45-40)27-42-24-28-14-4-1-5-15-28/h1-23,35-41H,24-27H2/t35-,37-,38+,39-,40+/m1/s1. The minimum absolute atomic E-state index is 0.207. The molecule has 5 aromatic carbocycles. The van der Waals surface area contributed by atoms with E-state index in [-0.39, 0.29) is 6.61 Å². The van der Waals surface area contributed by atoms with Crippen molar-refractivity contribution in [2.75, 3.05) is 6.61 Å². The van der Waals surface area contributed by atoms with Crippen molar-refractivity contribution in [3.05, 3.63) is 167 Å². The lowest BCUT2D eigenvalue weighted by atomic mass is 9.97. The molecule has 7 rings (SSSR count). The Morgan fingerprint density at radius 2 is 0.957 bits per heavy atom. The first kappa shape index (κ1) is 30.5. The van der Waals surface area contributed by atoms with Crippen LogP contribution in [-0.4, -0.2) is 42.4 Å². The number of hydrogen-bond donors (Lipinski definition) is 1. The van der Waals surface area contributed by atoms with Gasteiger partial charge in [0.2, 0.25) is 0 Å². The van der Waals surface area contributed by atoms with E-state index in [1.165, 1.54) is 0 Å². The molecule has 1 fully saturated rings. The maximum absolute atomic E-state index is 11.6. The molecule has 6 heteroatoms. The summed E-state index contributed by atoms with van der Waals surface area (Å²) in [5.74, 6) is 0. The molecule has 1 heterocycles. The van der Waals surface area contributed by atoms with Gasteiger partial charge in [0.25, 0.3) is 0 Å². The summed E-state index contributed by atoms with van der Waals surface area (Å²) in [4.78, 5) is 0. The van der Waals surface area contributed by atoms with Gasteiger partial charge in [0, 0.05) is 0 Å². The molecule has 0 unspecified atom stereocenters. The van der Waals surface area contributed by atoms with Crippen LogP contribution in [0.15, 0.2) is 140 Å². The number of fused-ring (bicyclic) bond motifs is 3. The van der Waals surface area contributed by atoms with Gasteiger partial charge in [0.1, 0.15) is 30.5 Å². The van der Waals surface area contributed by atoms with Crippen LogP contribution in [0.25, 0.3) is 11.1 Å². The van der Waals surface area contributed by atoms with E-state index < -0.39 is 36.8 Å². The van der Waals surface area contributed by atoms with Gasteiger partial charge in [-0.05, 0) is 38.9 Å². The van der Waals surface area contributed by atoms with Gasteiger partial charge in [-0.25, -0.2) is 0 Å². The van der Waals surface area contributed by atoms with Crippen molar-refractivity contribution in [1.82, 2.24) is 0 Å². The second kappa shape index (κ2) is 14.5. The first-order valence-electron chi connectivity index (χ1n) is 15.8. The Balaban J connectivity index is 1.19. The molecule has 0 saturated carbocycles. The Bertz CT molecular complexity index is 1630. The van der Waals surface area contributed by atoms with E-state index in [1.54, 1.807) is 0 Å². The van der Waals surface area contributed by atoms with Gasteiger partial charge in [-0.15, -0.1) is 0 Å². The minimum atomic E-state index is -1.28. The molecule has 6 nitrogen and oxygen atoms in total. The lowest BCUT2D eigenvalue weighted by molar-refractivity contribution is -0.320. The molecule has 0 spiro atoms. The molecule has 1 aliphatic carbocycles. The quantitative estimate of drug-likeness (QED) is 0.160. The van der Waals surface area contributed by atoms with E-state index in [2.05, 4.69) is 24.3 Å². The maximum Gasteiger partial charge on any atom is 0.184 e. The summed E-state index contributed by atoms with van der Waals surface area (Å²) < 4.78 is 32.7. The van der Waals surface area contributed by atoms with Crippen LogP contribution in [0.2, 0.25) is 0 Å². The average Bonchev–Trinajstić information content (AvgIpc) is 3.42. The smallest absolute Gasteiger partial charge is 0.184 e. The second-order valence-corrected chi connectivity index (χ2v) is 11.7. The third kappa shape index (κ3) is 6.83. The van der Waals surface area contributed by atoms with Crippen molar-refractivity contribution < 1.29 is 28.8 Å². The zero-order chi connectivity index (χ0) is 31.1. The Kier molecular flexibility index (Phi) is 9.63. The van der Waals surface area contributed by atoms with Crippen LogP contribution < -0.4 is 0 Å². The summed E-state index contributed by atoms with van der Waals surface area (Å²) in [6, 6.07) is 46.5. The first-order chi connectivity index (χ1) is 22.7. The zero-order valence-corrected chi connectivity index (χ0v) is 25.6. The fourth-order valence-corrected chi connectivity index (χ4v) is 6.38. The van der Waals surface area contributed by atoms with Gasteiger partial charge in [-0.1, -0.05) is 140 Å². The highest BCUT2D eigenvalue weighted by Crippen LogP contribution is 2.46. The SMILES string of the molecule is O[C@H]1O[C@H](COCc2ccccc2)[C@@H](OCc2ccccc2)[C@H](OCc2ccccc2)[C@H]1OC1c2ccccc2-c2ccccc21. The van der Waals surface area contributed by atoms with Crippen molar-refractivity contribution in [2.24, 2.45) is 0 Å². The van der Waals surface area contributed by atoms with Gasteiger partial charge in [0.15, 0.2) is 6.29 Å². The number of ether oxygens (including phenoxy) is 5. The predicted molar refractivity (Wildman–Crippen MR) is 176 cm³/mol. The summed E-state index contributed by atoms with van der Waals surface area (Å²) in [5, 5.41) is 11.6. The highest BCUT2D eigenvalue weighted by atomic mass is 16.7. The zero-order valence-electron chi connectivity index (χ0n) is 25.6. The van der Waals surface area contributed by atoms with Crippen LogP contribution in [0.5, 0.6) is 0 Å². The molecule has 234 valence electrons. The van der Waals surface area contributed by atoms with Gasteiger partial charge in [-0.2, -0.15) is 0 Å². The van der Waals surface area contributed by atoms with Crippen molar-refractivity contribution in [2.45, 2.75) is 56.6 Å². The van der Waals surface area contributed by atoms with E-state index in [9.17, 15) is 5.11 Å². The molecule has 1 N–H and O–H groups in total. The lowest BCUT2D eigenvalue weighted by Gasteiger charge is -2.45. The molecular weight excluding hydrogens is 576 g/mol. The third-order valence-electron chi connectivity index (χ3n) is 8.64. The predicted octanol–water partition coefficient (Wildman–Crippen LogP) is 7.25. The van der Waals surface area contributed by atoms with E-state index in [0.717, 1.165) is 38.9 Å². The Morgan fingerprint density at radius 3 is 1.50 bits per heavy atom.